The summed E-state index contributed by atoms with van der Waals surface area (Å²) in [5.74, 6) is 0. The van der Waals surface area contributed by atoms with Crippen molar-refractivity contribution in [1.82, 2.24) is 4.57 Å². The quantitative estimate of drug-likeness (QED) is 0.579. The van der Waals surface area contributed by atoms with Gasteiger partial charge in [0.2, 0.25) is 0 Å². The normalized spacial score (nSPS) is 25.9. The monoisotopic (exact) mass is 187 g/mol. The van der Waals surface area contributed by atoms with Gasteiger partial charge in [0.1, 0.15) is 8.96 Å². The van der Waals surface area contributed by atoms with Crippen LogP contribution in [-0.4, -0.2) is 36.1 Å². The molecule has 66 valence electrons. The average Bonchev–Trinajstić information content (AvgIpc) is 1.85. The first kappa shape index (κ1) is 9.48. The molecule has 0 bridgehead atoms. The van der Waals surface area contributed by atoms with Crippen molar-refractivity contribution in [2.45, 2.75) is 38.0 Å². The van der Waals surface area contributed by atoms with Crippen LogP contribution in [0.1, 0.15) is 26.7 Å². The lowest BCUT2D eigenvalue weighted by atomic mass is 10.4. The molecule has 1 aliphatic heterocycles. The van der Waals surface area contributed by atoms with Crippen LogP contribution in [0.5, 0.6) is 0 Å². The summed E-state index contributed by atoms with van der Waals surface area (Å²) in [6.07, 6.45) is 2.73. The van der Waals surface area contributed by atoms with Crippen LogP contribution >= 0.6 is 0 Å². The molecule has 0 amide bonds. The van der Waals surface area contributed by atoms with Gasteiger partial charge in [-0.2, -0.15) is 0 Å². The van der Waals surface area contributed by atoms with Gasteiger partial charge in [0.25, 0.3) is 0 Å². The third-order valence-electron chi connectivity index (χ3n) is 2.61. The van der Waals surface area contributed by atoms with Gasteiger partial charge in [-0.1, -0.05) is 25.2 Å². The van der Waals surface area contributed by atoms with E-state index in [4.69, 9.17) is 0 Å². The van der Waals surface area contributed by atoms with Crippen molar-refractivity contribution < 1.29 is 0 Å². The number of nitrogens with zero attached hydrogens (tertiary/aromatic N) is 1. The van der Waals surface area contributed by atoms with Crippen molar-refractivity contribution >= 4 is 18.5 Å². The second-order valence-corrected chi connectivity index (χ2v) is 11.0. The first-order chi connectivity index (χ1) is 5.38. The first-order valence-electron chi connectivity index (χ1n) is 5.12. The van der Waals surface area contributed by atoms with Crippen LogP contribution in [-0.2, 0) is 0 Å². The van der Waals surface area contributed by atoms with Gasteiger partial charge in [0.05, 0.1) is 0 Å². The van der Waals surface area contributed by atoms with E-state index in [1.54, 1.807) is 11.3 Å². The van der Waals surface area contributed by atoms with Crippen molar-refractivity contribution in [3.05, 3.63) is 0 Å². The molecular weight excluding hydrogens is 166 g/mol. The van der Waals surface area contributed by atoms with E-state index >= 15 is 0 Å². The Morgan fingerprint density at radius 3 is 2.00 bits per heavy atom. The maximum absolute atomic E-state index is 2.84. The summed E-state index contributed by atoms with van der Waals surface area (Å²) in [7, 11) is 0.245. The Kier molecular flexibility index (Phi) is 4.41. The lowest BCUT2D eigenvalue weighted by molar-refractivity contribution is 0.428. The zero-order valence-electron chi connectivity index (χ0n) is 7.97. The van der Waals surface area contributed by atoms with Crippen molar-refractivity contribution in [3.63, 3.8) is 0 Å². The smallest absolute Gasteiger partial charge is 0.105 e. The van der Waals surface area contributed by atoms with E-state index in [1.807, 2.05) is 0 Å². The van der Waals surface area contributed by atoms with E-state index in [2.05, 4.69) is 18.4 Å². The van der Waals surface area contributed by atoms with Gasteiger partial charge >= 0.3 is 0 Å². The molecule has 0 aromatic heterocycles. The van der Waals surface area contributed by atoms with Crippen molar-refractivity contribution in [2.24, 2.45) is 0 Å². The fraction of sp³-hybridized carbons (Fsp3) is 1.00. The Labute approximate surface area is 74.7 Å². The van der Waals surface area contributed by atoms with Crippen molar-refractivity contribution in [1.29, 1.82) is 0 Å². The summed E-state index contributed by atoms with van der Waals surface area (Å²) in [5, 5.41) is 0. The molecule has 1 aliphatic rings. The minimum atomic E-state index is -0.256. The first-order valence-corrected chi connectivity index (χ1v) is 9.27. The van der Waals surface area contributed by atoms with Gasteiger partial charge in [-0.05, 0) is 25.9 Å². The summed E-state index contributed by atoms with van der Waals surface area (Å²) < 4.78 is 2.84. The van der Waals surface area contributed by atoms with Gasteiger partial charge < -0.3 is 4.57 Å². The fourth-order valence-electron chi connectivity index (χ4n) is 1.80. The van der Waals surface area contributed by atoms with Gasteiger partial charge in [-0.25, -0.2) is 0 Å². The minimum Gasteiger partial charge on any atom is -0.327 e. The molecule has 0 radical (unpaired) electrons. The van der Waals surface area contributed by atoms with Gasteiger partial charge in [-0.15, -0.1) is 0 Å². The van der Waals surface area contributed by atoms with Crippen LogP contribution in [0.3, 0.4) is 0 Å². The fourth-order valence-corrected chi connectivity index (χ4v) is 9.06. The van der Waals surface area contributed by atoms with Crippen LogP contribution < -0.4 is 0 Å². The molecule has 0 atom stereocenters. The molecule has 1 nitrogen and oxygen atoms in total. The van der Waals surface area contributed by atoms with Crippen LogP contribution in [0.15, 0.2) is 0 Å². The maximum atomic E-state index is 2.84. The number of hydrogen-bond acceptors (Lipinski definition) is 1. The summed E-state index contributed by atoms with van der Waals surface area (Å²) in [4.78, 5) is 0. The second kappa shape index (κ2) is 5.11. The Hall–Kier alpha value is 0.394. The van der Waals surface area contributed by atoms with Crippen LogP contribution in [0.2, 0.25) is 11.3 Å². The molecule has 0 unspecified atom stereocenters. The van der Waals surface area contributed by atoms with Gasteiger partial charge in [-0.3, -0.25) is 0 Å². The second-order valence-electron chi connectivity index (χ2n) is 3.62. The molecule has 0 aromatic carbocycles. The Morgan fingerprint density at radius 1 is 1.18 bits per heavy atom. The Balaban J connectivity index is 2.19. The minimum absolute atomic E-state index is 0.256. The highest BCUT2D eigenvalue weighted by molar-refractivity contribution is 6.84. The summed E-state index contributed by atoms with van der Waals surface area (Å²) in [5.41, 5.74) is 3.47. The number of rotatable bonds is 5. The van der Waals surface area contributed by atoms with Crippen LogP contribution in [0.25, 0.3) is 0 Å². The van der Waals surface area contributed by atoms with E-state index < -0.39 is 0 Å². The molecule has 1 fully saturated rings. The van der Waals surface area contributed by atoms with Crippen molar-refractivity contribution in [2.75, 3.05) is 13.1 Å². The van der Waals surface area contributed by atoms with Gasteiger partial charge in [0, 0.05) is 9.52 Å². The van der Waals surface area contributed by atoms with E-state index in [1.165, 1.54) is 25.9 Å². The Morgan fingerprint density at radius 2 is 1.73 bits per heavy atom. The number of hydrogen-bond donors (Lipinski definition) is 0. The highest BCUT2D eigenvalue weighted by Gasteiger charge is 2.25. The molecule has 0 saturated carbocycles. The molecular formula is C8H21NSi2. The third-order valence-corrected chi connectivity index (χ3v) is 12.8. The van der Waals surface area contributed by atoms with E-state index in [9.17, 15) is 0 Å². The maximum Gasteiger partial charge on any atom is 0.105 e. The molecule has 0 aromatic rings. The SMILES string of the molecule is CCCN(CCC)[SiH]1C[SiH2]C1. The summed E-state index contributed by atoms with van der Waals surface area (Å²) in [6, 6.07) is 0. The summed E-state index contributed by atoms with van der Waals surface area (Å²) >= 11 is 0. The van der Waals surface area contributed by atoms with Crippen molar-refractivity contribution in [3.8, 4) is 0 Å². The Bertz CT molecular complexity index is 98.3. The largest absolute Gasteiger partial charge is 0.327 e. The molecule has 3 heteroatoms. The molecule has 1 heterocycles. The molecule has 1 saturated heterocycles. The van der Waals surface area contributed by atoms with Crippen LogP contribution in [0, 0.1) is 0 Å². The summed E-state index contributed by atoms with van der Waals surface area (Å²) in [6.45, 7) is 7.43. The highest BCUT2D eigenvalue weighted by Crippen LogP contribution is 2.15. The third kappa shape index (κ3) is 2.72. The molecule has 1 rings (SSSR count). The zero-order valence-corrected chi connectivity index (χ0v) is 10.5. The van der Waals surface area contributed by atoms with E-state index in [0.717, 1.165) is 0 Å². The topological polar surface area (TPSA) is 3.24 Å². The molecule has 0 N–H and O–H groups in total. The van der Waals surface area contributed by atoms with Crippen LogP contribution in [0.4, 0.5) is 0 Å². The zero-order chi connectivity index (χ0) is 8.10. The molecule has 0 aliphatic carbocycles. The predicted molar refractivity (Wildman–Crippen MR) is 57.5 cm³/mol. The molecule has 11 heavy (non-hydrogen) atoms. The lowest BCUT2D eigenvalue weighted by Gasteiger charge is -2.35. The lowest BCUT2D eigenvalue weighted by Crippen LogP contribution is -2.47. The predicted octanol–water partition coefficient (Wildman–Crippen LogP) is 0.930. The van der Waals surface area contributed by atoms with E-state index in [0.29, 0.717) is 9.52 Å². The van der Waals surface area contributed by atoms with E-state index in [-0.39, 0.29) is 8.96 Å². The average molecular weight is 187 g/mol. The van der Waals surface area contributed by atoms with Gasteiger partial charge in [0.15, 0.2) is 0 Å². The standard InChI is InChI=1S/C8H21NSi2/c1-3-5-9(6-4-2)11-7-10-8-11/h11H,3-8,10H2,1-2H3. The molecule has 0 spiro atoms. The highest BCUT2D eigenvalue weighted by atomic mass is 28.4.